The summed E-state index contributed by atoms with van der Waals surface area (Å²) in [5, 5.41) is 13.9. The Kier molecular flexibility index (Phi) is 4.89. The van der Waals surface area contributed by atoms with Gasteiger partial charge in [-0.2, -0.15) is 5.10 Å². The lowest BCUT2D eigenvalue weighted by Crippen LogP contribution is -2.11. The van der Waals surface area contributed by atoms with E-state index in [9.17, 15) is 0 Å². The lowest BCUT2D eigenvalue weighted by Gasteiger charge is -2.05. The quantitative estimate of drug-likeness (QED) is 0.335. The molecule has 0 saturated heterocycles. The van der Waals surface area contributed by atoms with Crippen LogP contribution in [0.1, 0.15) is 12.5 Å². The van der Waals surface area contributed by atoms with Crippen molar-refractivity contribution in [1.29, 1.82) is 0 Å². The van der Waals surface area contributed by atoms with Crippen LogP contribution in [0.2, 0.25) is 0 Å². The maximum absolute atomic E-state index is 4.74. The highest BCUT2D eigenvalue weighted by Crippen LogP contribution is 2.33. The number of hydrogen-bond donors (Lipinski definition) is 3. The topological polar surface area (TPSA) is 108 Å². The summed E-state index contributed by atoms with van der Waals surface area (Å²) in [5.41, 5.74) is 7.16. The van der Waals surface area contributed by atoms with Crippen molar-refractivity contribution in [2.75, 3.05) is 6.54 Å². The summed E-state index contributed by atoms with van der Waals surface area (Å²) in [5.74, 6) is 0.670. The minimum Gasteiger partial charge on any atom is -0.335 e. The van der Waals surface area contributed by atoms with Crippen molar-refractivity contribution in [3.8, 4) is 33.2 Å². The van der Waals surface area contributed by atoms with Gasteiger partial charge in [0.25, 0.3) is 0 Å². The molecule has 6 aromatic rings. The van der Waals surface area contributed by atoms with Gasteiger partial charge in [-0.05, 0) is 41.8 Å². The fraction of sp³-hybridized carbons (Fsp3) is 0.125. The van der Waals surface area contributed by atoms with E-state index in [-0.39, 0.29) is 0 Å². The van der Waals surface area contributed by atoms with Crippen LogP contribution in [0.4, 0.5) is 0 Å². The van der Waals surface area contributed by atoms with Crippen LogP contribution >= 0.6 is 11.3 Å². The van der Waals surface area contributed by atoms with Gasteiger partial charge in [-0.1, -0.05) is 13.0 Å². The molecule has 162 valence electrons. The zero-order chi connectivity index (χ0) is 22.2. The number of pyridine rings is 3. The number of nitrogens with one attached hydrogen (secondary N) is 3. The first-order valence-electron chi connectivity index (χ1n) is 10.7. The molecule has 6 aromatic heterocycles. The van der Waals surface area contributed by atoms with Crippen molar-refractivity contribution in [2.24, 2.45) is 0 Å². The number of aromatic amines is 2. The van der Waals surface area contributed by atoms with E-state index in [1.165, 1.54) is 4.88 Å². The molecule has 0 fully saturated rings. The van der Waals surface area contributed by atoms with E-state index < -0.39 is 0 Å². The summed E-state index contributed by atoms with van der Waals surface area (Å²) in [6.45, 7) is 3.77. The molecule has 0 saturated carbocycles. The molecule has 6 heterocycles. The zero-order valence-electron chi connectivity index (χ0n) is 17.8. The van der Waals surface area contributed by atoms with E-state index >= 15 is 0 Å². The van der Waals surface area contributed by atoms with Crippen LogP contribution in [-0.4, -0.2) is 41.7 Å². The lowest BCUT2D eigenvalue weighted by molar-refractivity contribution is 0.724. The molecule has 0 bridgehead atoms. The summed E-state index contributed by atoms with van der Waals surface area (Å²) in [6, 6.07) is 10.3. The number of hydrogen-bond acceptors (Lipinski definition) is 7. The molecule has 0 aromatic carbocycles. The third kappa shape index (κ3) is 3.57. The molecule has 0 spiro atoms. The third-order valence-corrected chi connectivity index (χ3v) is 6.42. The van der Waals surface area contributed by atoms with E-state index in [1.54, 1.807) is 23.7 Å². The number of aromatic nitrogens is 7. The number of thiophene rings is 1. The molecule has 8 nitrogen and oxygen atoms in total. The largest absolute Gasteiger partial charge is 0.335 e. The van der Waals surface area contributed by atoms with Gasteiger partial charge in [-0.15, -0.1) is 11.3 Å². The Balaban J connectivity index is 1.44. The highest BCUT2D eigenvalue weighted by molar-refractivity contribution is 7.13. The summed E-state index contributed by atoms with van der Waals surface area (Å²) >= 11 is 1.69. The first kappa shape index (κ1) is 19.7. The Bertz CT molecular complexity index is 1560. The maximum atomic E-state index is 4.74. The molecule has 0 aliphatic carbocycles. The van der Waals surface area contributed by atoms with Crippen molar-refractivity contribution in [2.45, 2.75) is 13.5 Å². The summed E-state index contributed by atoms with van der Waals surface area (Å²) < 4.78 is 0. The second-order valence-electron chi connectivity index (χ2n) is 7.67. The van der Waals surface area contributed by atoms with Gasteiger partial charge >= 0.3 is 0 Å². The minimum atomic E-state index is 0.668. The van der Waals surface area contributed by atoms with Gasteiger partial charge in [-0.25, -0.2) is 9.97 Å². The van der Waals surface area contributed by atoms with E-state index in [0.717, 1.165) is 57.6 Å². The smallest absolute Gasteiger partial charge is 0.178 e. The normalized spacial score (nSPS) is 11.5. The van der Waals surface area contributed by atoms with Crippen molar-refractivity contribution in [3.05, 3.63) is 66.1 Å². The third-order valence-electron chi connectivity index (χ3n) is 5.52. The van der Waals surface area contributed by atoms with Gasteiger partial charge in [-0.3, -0.25) is 15.1 Å². The van der Waals surface area contributed by atoms with Crippen LogP contribution in [0.3, 0.4) is 0 Å². The van der Waals surface area contributed by atoms with Gasteiger partial charge in [0.05, 0.1) is 22.9 Å². The molecular formula is C24H20N8S. The minimum absolute atomic E-state index is 0.668. The van der Waals surface area contributed by atoms with Crippen LogP contribution in [-0.2, 0) is 6.54 Å². The van der Waals surface area contributed by atoms with Crippen molar-refractivity contribution < 1.29 is 0 Å². The molecule has 0 radical (unpaired) electrons. The summed E-state index contributed by atoms with van der Waals surface area (Å²) in [6.07, 6.45) is 7.30. The van der Waals surface area contributed by atoms with Crippen LogP contribution in [0.5, 0.6) is 0 Å². The molecule has 9 heteroatoms. The highest BCUT2D eigenvalue weighted by Gasteiger charge is 2.17. The molecule has 0 aliphatic rings. The SMILES string of the molecule is CCNCc1cncc(-c2cc3c(-c4nc5nccc(-c6cccs6)c5[nH]4)n[nH]c3cn2)c1. The predicted octanol–water partition coefficient (Wildman–Crippen LogP) is 4.80. The Morgan fingerprint density at radius 2 is 2.06 bits per heavy atom. The van der Waals surface area contributed by atoms with Crippen molar-refractivity contribution in [1.82, 2.24) is 40.4 Å². The number of rotatable bonds is 6. The van der Waals surface area contributed by atoms with E-state index in [1.807, 2.05) is 30.6 Å². The molecule has 33 heavy (non-hydrogen) atoms. The van der Waals surface area contributed by atoms with Gasteiger partial charge in [0.1, 0.15) is 5.69 Å². The highest BCUT2D eigenvalue weighted by atomic mass is 32.1. The van der Waals surface area contributed by atoms with Gasteiger partial charge in [0.2, 0.25) is 0 Å². The van der Waals surface area contributed by atoms with Gasteiger partial charge in [0.15, 0.2) is 11.5 Å². The molecule has 0 unspecified atom stereocenters. The predicted molar refractivity (Wildman–Crippen MR) is 131 cm³/mol. The average molecular weight is 453 g/mol. The first-order valence-corrected chi connectivity index (χ1v) is 11.6. The fourth-order valence-electron chi connectivity index (χ4n) is 3.91. The first-order chi connectivity index (χ1) is 16.3. The number of imidazole rings is 1. The van der Waals surface area contributed by atoms with Crippen LogP contribution in [0.15, 0.2) is 60.5 Å². The van der Waals surface area contributed by atoms with Crippen LogP contribution < -0.4 is 5.32 Å². The Morgan fingerprint density at radius 1 is 1.09 bits per heavy atom. The molecule has 0 aliphatic heterocycles. The number of nitrogens with zero attached hydrogens (tertiary/aromatic N) is 5. The monoisotopic (exact) mass is 452 g/mol. The van der Waals surface area contributed by atoms with Crippen molar-refractivity contribution >= 4 is 33.4 Å². The lowest BCUT2D eigenvalue weighted by atomic mass is 10.1. The number of fused-ring (bicyclic) bond motifs is 2. The number of H-pyrrole nitrogens is 2. The second kappa shape index (κ2) is 8.19. The Morgan fingerprint density at radius 3 is 2.94 bits per heavy atom. The van der Waals surface area contributed by atoms with Crippen LogP contribution in [0, 0.1) is 0 Å². The Labute approximate surface area is 193 Å². The Hall–Kier alpha value is -3.95. The second-order valence-corrected chi connectivity index (χ2v) is 8.62. The van der Waals surface area contributed by atoms with Gasteiger partial charge in [0, 0.05) is 46.5 Å². The molecule has 0 amide bonds. The maximum Gasteiger partial charge on any atom is 0.178 e. The fourth-order valence-corrected chi connectivity index (χ4v) is 4.67. The molecular weight excluding hydrogens is 432 g/mol. The van der Waals surface area contributed by atoms with E-state index in [0.29, 0.717) is 11.5 Å². The molecule has 6 rings (SSSR count). The van der Waals surface area contributed by atoms with Crippen LogP contribution in [0.25, 0.3) is 55.3 Å². The van der Waals surface area contributed by atoms with E-state index in [4.69, 9.17) is 4.98 Å². The summed E-state index contributed by atoms with van der Waals surface area (Å²) in [4.78, 5) is 22.8. The standard InChI is InChI=1S/C24H20N8S/c1-2-25-10-14-8-15(12-26-11-14)18-9-17-19(13-28-18)31-32-22(17)24-29-21-16(20-4-3-7-33-20)5-6-27-23(21)30-24/h3-9,11-13,25H,2,10H2,1H3,(H,31,32)(H,27,29,30). The van der Waals surface area contributed by atoms with Gasteiger partial charge < -0.3 is 10.3 Å². The average Bonchev–Trinajstić information content (AvgIpc) is 3.61. The van der Waals surface area contributed by atoms with Crippen molar-refractivity contribution in [3.63, 3.8) is 0 Å². The molecule has 3 N–H and O–H groups in total. The summed E-state index contributed by atoms with van der Waals surface area (Å²) in [7, 11) is 0. The molecule has 0 atom stereocenters. The van der Waals surface area contributed by atoms with E-state index in [2.05, 4.69) is 59.9 Å². The zero-order valence-corrected chi connectivity index (χ0v) is 18.6.